The van der Waals surface area contributed by atoms with E-state index in [-0.39, 0.29) is 17.4 Å². The van der Waals surface area contributed by atoms with Crippen molar-refractivity contribution in [2.24, 2.45) is 0 Å². The molecule has 0 aromatic heterocycles. The predicted octanol–water partition coefficient (Wildman–Crippen LogP) is 3.02. The lowest BCUT2D eigenvalue weighted by Gasteiger charge is -2.45. The van der Waals surface area contributed by atoms with Gasteiger partial charge >= 0.3 is 0 Å². The Morgan fingerprint density at radius 2 is 2.21 bits per heavy atom. The number of hydrogen-bond donors (Lipinski definition) is 0. The van der Waals surface area contributed by atoms with Crippen LogP contribution in [0.15, 0.2) is 24.3 Å². The third-order valence-electron chi connectivity index (χ3n) is 3.67. The normalized spacial score (nSPS) is 21.1. The van der Waals surface area contributed by atoms with E-state index < -0.39 is 0 Å². The van der Waals surface area contributed by atoms with Gasteiger partial charge in [0.05, 0.1) is 19.3 Å². The Labute approximate surface area is 119 Å². The van der Waals surface area contributed by atoms with Gasteiger partial charge in [-0.2, -0.15) is 0 Å². The molecule has 2 rings (SSSR count). The van der Waals surface area contributed by atoms with Crippen LogP contribution in [0, 0.1) is 0 Å². The van der Waals surface area contributed by atoms with E-state index in [1.165, 1.54) is 0 Å². The van der Waals surface area contributed by atoms with Crippen molar-refractivity contribution >= 4 is 17.4 Å². The lowest BCUT2D eigenvalue weighted by molar-refractivity contribution is -0.0626. The molecule has 0 radical (unpaired) electrons. The zero-order valence-corrected chi connectivity index (χ0v) is 12.4. The minimum Gasteiger partial charge on any atom is -0.378 e. The average molecular weight is 282 g/mol. The Morgan fingerprint density at radius 1 is 1.47 bits per heavy atom. The summed E-state index contributed by atoms with van der Waals surface area (Å²) in [5, 5.41) is 0.597. The summed E-state index contributed by atoms with van der Waals surface area (Å²) < 4.78 is 5.50. The van der Waals surface area contributed by atoms with Gasteiger partial charge in [-0.3, -0.25) is 9.69 Å². The summed E-state index contributed by atoms with van der Waals surface area (Å²) in [7, 11) is 0. The largest absolute Gasteiger partial charge is 0.378 e. The third-order valence-corrected chi connectivity index (χ3v) is 3.90. The fourth-order valence-electron chi connectivity index (χ4n) is 2.61. The third kappa shape index (κ3) is 3.16. The number of benzene rings is 1. The molecule has 19 heavy (non-hydrogen) atoms. The van der Waals surface area contributed by atoms with E-state index >= 15 is 0 Å². The lowest BCUT2D eigenvalue weighted by Crippen LogP contribution is -2.58. The van der Waals surface area contributed by atoms with Crippen molar-refractivity contribution in [3.05, 3.63) is 34.9 Å². The van der Waals surface area contributed by atoms with Crippen LogP contribution in [-0.4, -0.2) is 42.0 Å². The molecule has 1 fully saturated rings. The summed E-state index contributed by atoms with van der Waals surface area (Å²) >= 11 is 5.95. The Hall–Kier alpha value is -0.900. The number of ketones is 1. The smallest absolute Gasteiger partial charge is 0.179 e. The first kappa shape index (κ1) is 14.5. The second-order valence-corrected chi connectivity index (χ2v) is 6.05. The van der Waals surface area contributed by atoms with Crippen LogP contribution >= 0.6 is 11.6 Å². The number of Topliss-reactive ketones (excluding diaryl/α,β-unsaturated/α-hetero) is 1. The molecule has 1 heterocycles. The fourth-order valence-corrected chi connectivity index (χ4v) is 2.80. The maximum absolute atomic E-state index is 12.5. The standard InChI is InChI=1S/C15H20ClNO2/c1-11(17-7-8-19-10-15(17,2)3)14(18)12-5-4-6-13(16)9-12/h4-6,9,11H,7-8,10H2,1-3H3. The summed E-state index contributed by atoms with van der Waals surface area (Å²) in [6, 6.07) is 6.97. The monoisotopic (exact) mass is 281 g/mol. The predicted molar refractivity (Wildman–Crippen MR) is 76.8 cm³/mol. The topological polar surface area (TPSA) is 29.5 Å². The van der Waals surface area contributed by atoms with Crippen molar-refractivity contribution in [3.8, 4) is 0 Å². The number of halogens is 1. The first-order chi connectivity index (χ1) is 8.92. The average Bonchev–Trinajstić information content (AvgIpc) is 2.36. The van der Waals surface area contributed by atoms with Crippen LogP contribution in [0.2, 0.25) is 5.02 Å². The Kier molecular flexibility index (Phi) is 4.29. The fraction of sp³-hybridized carbons (Fsp3) is 0.533. The van der Waals surface area contributed by atoms with Crippen molar-refractivity contribution in [1.82, 2.24) is 4.90 Å². The van der Waals surface area contributed by atoms with Gasteiger partial charge in [-0.15, -0.1) is 0 Å². The van der Waals surface area contributed by atoms with Gasteiger partial charge in [0.1, 0.15) is 0 Å². The molecule has 3 nitrogen and oxygen atoms in total. The number of carbonyl (C=O) groups is 1. The number of rotatable bonds is 3. The highest BCUT2D eigenvalue weighted by atomic mass is 35.5. The van der Waals surface area contributed by atoms with Crippen molar-refractivity contribution in [2.45, 2.75) is 32.4 Å². The van der Waals surface area contributed by atoms with Gasteiger partial charge in [0, 0.05) is 22.7 Å². The molecule has 0 saturated carbocycles. The van der Waals surface area contributed by atoms with Gasteiger partial charge in [-0.1, -0.05) is 23.7 Å². The molecule has 0 aliphatic carbocycles. The summed E-state index contributed by atoms with van der Waals surface area (Å²) in [4.78, 5) is 14.8. The molecule has 1 atom stereocenters. The quantitative estimate of drug-likeness (QED) is 0.798. The maximum atomic E-state index is 12.5. The molecule has 0 bridgehead atoms. The number of carbonyl (C=O) groups excluding carboxylic acids is 1. The molecule has 1 aliphatic rings. The van der Waals surface area contributed by atoms with Gasteiger partial charge < -0.3 is 4.74 Å². The maximum Gasteiger partial charge on any atom is 0.179 e. The minimum atomic E-state index is -0.169. The number of hydrogen-bond acceptors (Lipinski definition) is 3. The molecule has 1 aliphatic heterocycles. The van der Waals surface area contributed by atoms with Gasteiger partial charge in [0.15, 0.2) is 5.78 Å². The molecule has 104 valence electrons. The summed E-state index contributed by atoms with van der Waals surface area (Å²) in [5.74, 6) is 0.109. The van der Waals surface area contributed by atoms with E-state index in [4.69, 9.17) is 16.3 Å². The van der Waals surface area contributed by atoms with E-state index in [9.17, 15) is 4.79 Å². The zero-order valence-electron chi connectivity index (χ0n) is 11.6. The second-order valence-electron chi connectivity index (χ2n) is 5.61. The molecule has 4 heteroatoms. The van der Waals surface area contributed by atoms with Gasteiger partial charge in [-0.25, -0.2) is 0 Å². The van der Waals surface area contributed by atoms with E-state index in [0.29, 0.717) is 23.8 Å². The SMILES string of the molecule is CC(C(=O)c1cccc(Cl)c1)N1CCOCC1(C)C. The van der Waals surface area contributed by atoms with E-state index in [1.807, 2.05) is 19.1 Å². The second kappa shape index (κ2) is 5.61. The molecular formula is C15H20ClNO2. The van der Waals surface area contributed by atoms with Crippen LogP contribution in [0.3, 0.4) is 0 Å². The number of morpholine rings is 1. The van der Waals surface area contributed by atoms with Crippen molar-refractivity contribution in [2.75, 3.05) is 19.8 Å². The summed E-state index contributed by atoms with van der Waals surface area (Å²) in [6.07, 6.45) is 0. The van der Waals surface area contributed by atoms with Crippen LogP contribution in [0.5, 0.6) is 0 Å². The number of nitrogens with zero attached hydrogens (tertiary/aromatic N) is 1. The molecular weight excluding hydrogens is 262 g/mol. The van der Waals surface area contributed by atoms with Crippen molar-refractivity contribution in [3.63, 3.8) is 0 Å². The van der Waals surface area contributed by atoms with E-state index in [0.717, 1.165) is 6.54 Å². The van der Waals surface area contributed by atoms with E-state index in [2.05, 4.69) is 18.7 Å². The Morgan fingerprint density at radius 3 is 2.84 bits per heavy atom. The molecule has 0 N–H and O–H groups in total. The highest BCUT2D eigenvalue weighted by Crippen LogP contribution is 2.24. The molecule has 1 saturated heterocycles. The zero-order chi connectivity index (χ0) is 14.0. The van der Waals surface area contributed by atoms with Crippen LogP contribution in [0.1, 0.15) is 31.1 Å². The summed E-state index contributed by atoms with van der Waals surface area (Å²) in [6.45, 7) is 8.27. The van der Waals surface area contributed by atoms with Crippen molar-refractivity contribution in [1.29, 1.82) is 0 Å². The minimum absolute atomic E-state index is 0.109. The molecule has 1 unspecified atom stereocenters. The first-order valence-corrected chi connectivity index (χ1v) is 6.94. The summed E-state index contributed by atoms with van der Waals surface area (Å²) in [5.41, 5.74) is 0.550. The van der Waals surface area contributed by atoms with Gasteiger partial charge in [0.25, 0.3) is 0 Å². The van der Waals surface area contributed by atoms with Gasteiger partial charge in [-0.05, 0) is 32.9 Å². The Balaban J connectivity index is 2.19. The molecule has 1 aromatic rings. The Bertz CT molecular complexity index is 473. The van der Waals surface area contributed by atoms with E-state index in [1.54, 1.807) is 12.1 Å². The lowest BCUT2D eigenvalue weighted by atomic mass is 9.96. The van der Waals surface area contributed by atoms with Crippen LogP contribution in [-0.2, 0) is 4.74 Å². The highest BCUT2D eigenvalue weighted by Gasteiger charge is 2.36. The molecule has 0 amide bonds. The van der Waals surface area contributed by atoms with Crippen LogP contribution < -0.4 is 0 Å². The molecule has 0 spiro atoms. The van der Waals surface area contributed by atoms with Crippen LogP contribution in [0.25, 0.3) is 0 Å². The van der Waals surface area contributed by atoms with Gasteiger partial charge in [0.2, 0.25) is 0 Å². The molecule has 1 aromatic carbocycles. The van der Waals surface area contributed by atoms with Crippen LogP contribution in [0.4, 0.5) is 0 Å². The van der Waals surface area contributed by atoms with Crippen molar-refractivity contribution < 1.29 is 9.53 Å². The first-order valence-electron chi connectivity index (χ1n) is 6.56. The highest BCUT2D eigenvalue weighted by molar-refractivity contribution is 6.31. The number of ether oxygens (including phenoxy) is 1.